The molecule has 0 amide bonds. The van der Waals surface area contributed by atoms with Crippen LogP contribution in [0.15, 0.2) is 18.2 Å². The highest BCUT2D eigenvalue weighted by atomic mass is 32.1. The Balaban J connectivity index is 2.16. The molecule has 2 rings (SSSR count). The molecule has 1 aromatic rings. The quantitative estimate of drug-likeness (QED) is 0.813. The minimum atomic E-state index is 0.0179. The van der Waals surface area contributed by atoms with Crippen molar-refractivity contribution in [2.24, 2.45) is 5.73 Å². The van der Waals surface area contributed by atoms with Crippen molar-refractivity contribution in [3.8, 4) is 0 Å². The highest BCUT2D eigenvalue weighted by Gasteiger charge is 2.34. The third-order valence-electron chi connectivity index (χ3n) is 4.58. The lowest BCUT2D eigenvalue weighted by molar-refractivity contribution is -0.0864. The van der Waals surface area contributed by atoms with Crippen LogP contribution >= 0.6 is 12.2 Å². The van der Waals surface area contributed by atoms with Crippen molar-refractivity contribution < 1.29 is 4.74 Å². The highest BCUT2D eigenvalue weighted by molar-refractivity contribution is 7.80. The van der Waals surface area contributed by atoms with E-state index in [0.717, 1.165) is 43.5 Å². The maximum Gasteiger partial charge on any atom is 0.106 e. The fourth-order valence-electron chi connectivity index (χ4n) is 3.10. The Morgan fingerprint density at radius 1 is 1.43 bits per heavy atom. The molecule has 1 unspecified atom stereocenters. The van der Waals surface area contributed by atoms with Gasteiger partial charge in [0, 0.05) is 23.9 Å². The van der Waals surface area contributed by atoms with Gasteiger partial charge in [0.25, 0.3) is 0 Å². The molecule has 4 heteroatoms. The first-order valence-corrected chi connectivity index (χ1v) is 8.21. The number of anilines is 1. The Bertz CT molecular complexity index is 512. The van der Waals surface area contributed by atoms with E-state index in [-0.39, 0.29) is 5.60 Å². The van der Waals surface area contributed by atoms with E-state index in [1.54, 1.807) is 0 Å². The van der Waals surface area contributed by atoms with Crippen LogP contribution in [0.25, 0.3) is 0 Å². The standard InChI is InChI=1S/C17H26N2OS/c1-4-17(5-2)11-13(8-9-20-17)19-15-7-6-12(3)10-14(15)16(18)21/h6-7,10,13,19H,4-5,8-9,11H2,1-3H3,(H2,18,21). The van der Waals surface area contributed by atoms with E-state index >= 15 is 0 Å². The SMILES string of the molecule is CCC1(CC)CC(Nc2ccc(C)cc2C(N)=S)CCO1. The van der Waals surface area contributed by atoms with E-state index in [4.69, 9.17) is 22.7 Å². The second kappa shape index (κ2) is 6.75. The minimum absolute atomic E-state index is 0.0179. The minimum Gasteiger partial charge on any atom is -0.389 e. The fourth-order valence-corrected chi connectivity index (χ4v) is 3.27. The molecule has 1 aliphatic rings. The lowest BCUT2D eigenvalue weighted by Gasteiger charge is -2.40. The first-order chi connectivity index (χ1) is 9.99. The molecule has 0 radical (unpaired) electrons. The number of nitrogens with two attached hydrogens (primary N) is 1. The number of ether oxygens (including phenoxy) is 1. The van der Waals surface area contributed by atoms with Crippen LogP contribution in [0.2, 0.25) is 0 Å². The molecule has 0 saturated carbocycles. The molecule has 1 atom stereocenters. The van der Waals surface area contributed by atoms with Gasteiger partial charge >= 0.3 is 0 Å². The lowest BCUT2D eigenvalue weighted by Crippen LogP contribution is -2.43. The number of rotatable bonds is 5. The van der Waals surface area contributed by atoms with Crippen LogP contribution in [0.3, 0.4) is 0 Å². The van der Waals surface area contributed by atoms with Gasteiger partial charge < -0.3 is 15.8 Å². The van der Waals surface area contributed by atoms with Gasteiger partial charge in [0.2, 0.25) is 0 Å². The van der Waals surface area contributed by atoms with Crippen LogP contribution in [0.4, 0.5) is 5.69 Å². The van der Waals surface area contributed by atoms with Gasteiger partial charge in [0.1, 0.15) is 4.99 Å². The molecule has 1 aliphatic heterocycles. The maximum atomic E-state index is 6.04. The van der Waals surface area contributed by atoms with Gasteiger partial charge in [-0.05, 0) is 44.7 Å². The Kier molecular flexibility index (Phi) is 5.22. The second-order valence-corrected chi connectivity index (χ2v) is 6.43. The van der Waals surface area contributed by atoms with Crippen LogP contribution in [-0.2, 0) is 4.74 Å². The average molecular weight is 306 g/mol. The topological polar surface area (TPSA) is 47.3 Å². The predicted octanol–water partition coefficient (Wildman–Crippen LogP) is 3.78. The number of benzene rings is 1. The molecule has 1 fully saturated rings. The molecular weight excluding hydrogens is 280 g/mol. The maximum absolute atomic E-state index is 6.04. The zero-order chi connectivity index (χ0) is 15.5. The molecule has 21 heavy (non-hydrogen) atoms. The summed E-state index contributed by atoms with van der Waals surface area (Å²) in [5.41, 5.74) is 9.03. The molecule has 0 bridgehead atoms. The summed E-state index contributed by atoms with van der Waals surface area (Å²) in [6.07, 6.45) is 4.16. The van der Waals surface area contributed by atoms with Crippen LogP contribution in [-0.4, -0.2) is 23.2 Å². The van der Waals surface area contributed by atoms with Crippen molar-refractivity contribution in [3.63, 3.8) is 0 Å². The summed E-state index contributed by atoms with van der Waals surface area (Å²) >= 11 is 5.18. The van der Waals surface area contributed by atoms with E-state index in [1.165, 1.54) is 5.56 Å². The lowest BCUT2D eigenvalue weighted by atomic mass is 9.85. The summed E-state index contributed by atoms with van der Waals surface area (Å²) in [6.45, 7) is 7.28. The van der Waals surface area contributed by atoms with E-state index in [2.05, 4.69) is 44.3 Å². The van der Waals surface area contributed by atoms with E-state index in [0.29, 0.717) is 11.0 Å². The van der Waals surface area contributed by atoms with Crippen molar-refractivity contribution in [1.29, 1.82) is 0 Å². The number of hydrogen-bond donors (Lipinski definition) is 2. The molecule has 0 aliphatic carbocycles. The third-order valence-corrected chi connectivity index (χ3v) is 4.80. The number of thiocarbonyl (C=S) groups is 1. The summed E-state index contributed by atoms with van der Waals surface area (Å²) in [6, 6.07) is 6.64. The summed E-state index contributed by atoms with van der Waals surface area (Å²) in [5, 5.41) is 3.63. The van der Waals surface area contributed by atoms with Gasteiger partial charge in [0.15, 0.2) is 0 Å². The van der Waals surface area contributed by atoms with Crippen molar-refractivity contribution in [2.75, 3.05) is 11.9 Å². The molecule has 116 valence electrons. The largest absolute Gasteiger partial charge is 0.389 e. The smallest absolute Gasteiger partial charge is 0.106 e. The third kappa shape index (κ3) is 3.74. The normalized spacial score (nSPS) is 21.0. The Morgan fingerprint density at radius 2 is 2.14 bits per heavy atom. The molecule has 0 spiro atoms. The second-order valence-electron chi connectivity index (χ2n) is 5.99. The monoisotopic (exact) mass is 306 g/mol. The number of hydrogen-bond acceptors (Lipinski definition) is 3. The zero-order valence-electron chi connectivity index (χ0n) is 13.2. The molecule has 1 aromatic carbocycles. The van der Waals surface area contributed by atoms with Crippen molar-refractivity contribution in [3.05, 3.63) is 29.3 Å². The zero-order valence-corrected chi connectivity index (χ0v) is 14.1. The van der Waals surface area contributed by atoms with E-state index < -0.39 is 0 Å². The fraction of sp³-hybridized carbons (Fsp3) is 0.588. The molecule has 0 aromatic heterocycles. The van der Waals surface area contributed by atoms with Gasteiger partial charge in [-0.25, -0.2) is 0 Å². The van der Waals surface area contributed by atoms with Crippen molar-refractivity contribution in [1.82, 2.24) is 0 Å². The number of aryl methyl sites for hydroxylation is 1. The number of nitrogens with one attached hydrogen (secondary N) is 1. The molecular formula is C17H26N2OS. The molecule has 3 nitrogen and oxygen atoms in total. The molecule has 3 N–H and O–H groups in total. The van der Waals surface area contributed by atoms with Gasteiger partial charge in [-0.2, -0.15) is 0 Å². The first kappa shape index (κ1) is 16.2. The van der Waals surface area contributed by atoms with Crippen LogP contribution in [0.5, 0.6) is 0 Å². The summed E-state index contributed by atoms with van der Waals surface area (Å²) in [4.78, 5) is 0.450. The van der Waals surface area contributed by atoms with E-state index in [9.17, 15) is 0 Å². The van der Waals surface area contributed by atoms with Gasteiger partial charge in [0.05, 0.1) is 5.60 Å². The van der Waals surface area contributed by atoms with Crippen molar-refractivity contribution in [2.45, 2.75) is 58.1 Å². The van der Waals surface area contributed by atoms with Crippen molar-refractivity contribution >= 4 is 22.9 Å². The summed E-state index contributed by atoms with van der Waals surface area (Å²) in [7, 11) is 0. The molecule has 1 heterocycles. The average Bonchev–Trinajstić information content (AvgIpc) is 2.49. The highest BCUT2D eigenvalue weighted by Crippen LogP contribution is 2.33. The summed E-state index contributed by atoms with van der Waals surface area (Å²) < 4.78 is 6.04. The van der Waals surface area contributed by atoms with Gasteiger partial charge in [-0.1, -0.05) is 37.7 Å². The van der Waals surface area contributed by atoms with Crippen LogP contribution in [0.1, 0.15) is 50.7 Å². The molecule has 1 saturated heterocycles. The van der Waals surface area contributed by atoms with Crippen LogP contribution in [0, 0.1) is 6.92 Å². The Labute approximate surface area is 133 Å². The van der Waals surface area contributed by atoms with E-state index in [1.807, 2.05) is 0 Å². The van der Waals surface area contributed by atoms with Gasteiger partial charge in [-0.3, -0.25) is 0 Å². The van der Waals surface area contributed by atoms with Gasteiger partial charge in [-0.15, -0.1) is 0 Å². The van der Waals surface area contributed by atoms with Crippen LogP contribution < -0.4 is 11.1 Å². The Hall–Kier alpha value is -1.13. The predicted molar refractivity (Wildman–Crippen MR) is 93.0 cm³/mol. The first-order valence-electron chi connectivity index (χ1n) is 7.80. The summed E-state index contributed by atoms with van der Waals surface area (Å²) in [5.74, 6) is 0. The Morgan fingerprint density at radius 3 is 2.76 bits per heavy atom.